The van der Waals surface area contributed by atoms with Crippen LogP contribution in [0, 0.1) is 11.3 Å². The number of pyridine rings is 1. The highest BCUT2D eigenvalue weighted by molar-refractivity contribution is 6.22. The second-order valence-corrected chi connectivity index (χ2v) is 9.14. The van der Waals surface area contributed by atoms with Gasteiger partial charge in [-0.1, -0.05) is 78.9 Å². The van der Waals surface area contributed by atoms with E-state index >= 15 is 0 Å². The Balaban J connectivity index is 1.44. The molecule has 3 nitrogen and oxygen atoms in total. The number of nitriles is 1. The van der Waals surface area contributed by atoms with E-state index in [0.29, 0.717) is 5.69 Å². The number of fused-ring (bicyclic) bond motifs is 5. The van der Waals surface area contributed by atoms with Crippen LogP contribution < -0.4 is 0 Å². The zero-order valence-electron chi connectivity index (χ0n) is 19.8. The fourth-order valence-electron chi connectivity index (χ4n) is 5.23. The van der Waals surface area contributed by atoms with E-state index < -0.39 is 0 Å². The Labute approximate surface area is 213 Å². The summed E-state index contributed by atoms with van der Waals surface area (Å²) >= 11 is 0. The Bertz CT molecular complexity index is 1990. The van der Waals surface area contributed by atoms with E-state index in [1.807, 2.05) is 18.2 Å². The third kappa shape index (κ3) is 3.55. The second-order valence-electron chi connectivity index (χ2n) is 9.14. The minimum Gasteiger partial charge on any atom is -0.456 e. The van der Waals surface area contributed by atoms with E-state index in [2.05, 4.69) is 108 Å². The first kappa shape index (κ1) is 21.1. The molecule has 0 bridgehead atoms. The quantitative estimate of drug-likeness (QED) is 0.258. The lowest BCUT2D eigenvalue weighted by atomic mass is 9.93. The number of hydrogen-bond donors (Lipinski definition) is 0. The van der Waals surface area contributed by atoms with E-state index in [1.54, 1.807) is 6.20 Å². The third-order valence-electron chi connectivity index (χ3n) is 6.97. The Morgan fingerprint density at radius 1 is 0.541 bits per heavy atom. The molecular weight excluding hydrogens is 452 g/mol. The molecule has 172 valence electrons. The summed E-state index contributed by atoms with van der Waals surface area (Å²) in [7, 11) is 0. The first-order valence-corrected chi connectivity index (χ1v) is 12.2. The molecule has 0 radical (unpaired) electrons. The van der Waals surface area contributed by atoms with Crippen molar-refractivity contribution in [2.24, 2.45) is 0 Å². The molecule has 0 N–H and O–H groups in total. The Hall–Kier alpha value is -5.20. The van der Waals surface area contributed by atoms with Crippen LogP contribution in [0.1, 0.15) is 5.69 Å². The van der Waals surface area contributed by atoms with E-state index in [0.717, 1.165) is 49.8 Å². The van der Waals surface area contributed by atoms with Gasteiger partial charge in [0.15, 0.2) is 0 Å². The van der Waals surface area contributed by atoms with Gasteiger partial charge in [-0.15, -0.1) is 0 Å². The molecule has 37 heavy (non-hydrogen) atoms. The highest BCUT2D eigenvalue weighted by atomic mass is 16.3. The Morgan fingerprint density at radius 2 is 1.27 bits per heavy atom. The van der Waals surface area contributed by atoms with Crippen LogP contribution in [-0.4, -0.2) is 4.98 Å². The topological polar surface area (TPSA) is 49.8 Å². The first-order chi connectivity index (χ1) is 18.3. The maximum absolute atomic E-state index is 9.28. The first-order valence-electron chi connectivity index (χ1n) is 12.2. The summed E-state index contributed by atoms with van der Waals surface area (Å²) in [5.41, 5.74) is 8.68. The standard InChI is InChI=1S/C34H20N2O/c35-21-27-18-25(15-16-36-27)23-9-6-10-26(17-23)31-20-33-34(29-12-5-4-11-28(29)31)30-14-13-24(19-32(30)37-33)22-7-2-1-3-8-22/h1-20H. The van der Waals surface area contributed by atoms with Gasteiger partial charge in [-0.2, -0.15) is 5.26 Å². The molecule has 0 aliphatic rings. The van der Waals surface area contributed by atoms with Crippen LogP contribution in [0.2, 0.25) is 0 Å². The summed E-state index contributed by atoms with van der Waals surface area (Å²) in [6.07, 6.45) is 1.68. The van der Waals surface area contributed by atoms with Crippen molar-refractivity contribution in [3.05, 3.63) is 127 Å². The predicted octanol–water partition coefficient (Wildman–Crippen LogP) is 9.01. The van der Waals surface area contributed by atoms with Crippen molar-refractivity contribution in [3.8, 4) is 39.4 Å². The van der Waals surface area contributed by atoms with Crippen LogP contribution >= 0.6 is 0 Å². The third-order valence-corrected chi connectivity index (χ3v) is 6.97. The highest BCUT2D eigenvalue weighted by Gasteiger charge is 2.16. The number of furan rings is 1. The van der Waals surface area contributed by atoms with Crippen LogP contribution in [0.3, 0.4) is 0 Å². The summed E-state index contributed by atoms with van der Waals surface area (Å²) < 4.78 is 6.49. The van der Waals surface area contributed by atoms with Crippen molar-refractivity contribution in [2.75, 3.05) is 0 Å². The molecule has 0 aliphatic carbocycles. The molecule has 0 unspecified atom stereocenters. The van der Waals surface area contributed by atoms with Gasteiger partial charge in [0, 0.05) is 17.0 Å². The monoisotopic (exact) mass is 472 g/mol. The summed E-state index contributed by atoms with van der Waals surface area (Å²) in [6.45, 7) is 0. The van der Waals surface area contributed by atoms with Gasteiger partial charge in [-0.05, 0) is 80.6 Å². The zero-order valence-corrected chi connectivity index (χ0v) is 19.8. The predicted molar refractivity (Wildman–Crippen MR) is 150 cm³/mol. The molecule has 2 aromatic heterocycles. The molecule has 0 amide bonds. The minimum absolute atomic E-state index is 0.409. The molecule has 0 fully saturated rings. The highest BCUT2D eigenvalue weighted by Crippen LogP contribution is 2.41. The summed E-state index contributed by atoms with van der Waals surface area (Å²) in [5.74, 6) is 0. The minimum atomic E-state index is 0.409. The molecule has 0 spiro atoms. The average Bonchev–Trinajstić information content (AvgIpc) is 3.35. The lowest BCUT2D eigenvalue weighted by molar-refractivity contribution is 0.669. The number of hydrogen-bond acceptors (Lipinski definition) is 3. The molecule has 0 saturated carbocycles. The largest absolute Gasteiger partial charge is 0.456 e. The summed E-state index contributed by atoms with van der Waals surface area (Å²) in [4.78, 5) is 4.11. The number of aromatic nitrogens is 1. The van der Waals surface area contributed by atoms with Crippen LogP contribution in [0.4, 0.5) is 0 Å². The van der Waals surface area contributed by atoms with Crippen LogP contribution in [0.15, 0.2) is 126 Å². The van der Waals surface area contributed by atoms with E-state index in [9.17, 15) is 5.26 Å². The average molecular weight is 473 g/mol. The SMILES string of the molecule is N#Cc1cc(-c2cccc(-c3cc4oc5cc(-c6ccccc6)ccc5c4c4ccccc34)c2)ccn1. The molecule has 0 atom stereocenters. The van der Waals surface area contributed by atoms with Gasteiger partial charge < -0.3 is 4.42 Å². The van der Waals surface area contributed by atoms with E-state index in [1.165, 1.54) is 16.3 Å². The van der Waals surface area contributed by atoms with Crippen LogP contribution in [0.5, 0.6) is 0 Å². The van der Waals surface area contributed by atoms with Crippen molar-refractivity contribution in [3.63, 3.8) is 0 Å². The Morgan fingerprint density at radius 3 is 2.14 bits per heavy atom. The van der Waals surface area contributed by atoms with Crippen molar-refractivity contribution < 1.29 is 4.42 Å². The maximum atomic E-state index is 9.28. The second kappa shape index (κ2) is 8.48. The fraction of sp³-hybridized carbons (Fsp3) is 0. The smallest absolute Gasteiger partial charge is 0.141 e. The summed E-state index contributed by atoms with van der Waals surface area (Å²) in [5, 5.41) is 13.9. The molecule has 2 heterocycles. The van der Waals surface area contributed by atoms with Gasteiger partial charge in [0.2, 0.25) is 0 Å². The number of rotatable bonds is 3. The molecule has 3 heteroatoms. The molecule has 7 aromatic rings. The zero-order chi connectivity index (χ0) is 24.8. The summed E-state index contributed by atoms with van der Waals surface area (Å²) in [6, 6.07) is 41.8. The van der Waals surface area contributed by atoms with Crippen molar-refractivity contribution in [2.45, 2.75) is 0 Å². The van der Waals surface area contributed by atoms with Crippen molar-refractivity contribution >= 4 is 32.7 Å². The molecule has 0 saturated heterocycles. The van der Waals surface area contributed by atoms with Gasteiger partial charge in [-0.25, -0.2) is 4.98 Å². The van der Waals surface area contributed by atoms with Crippen LogP contribution in [-0.2, 0) is 0 Å². The van der Waals surface area contributed by atoms with Gasteiger partial charge in [0.05, 0.1) is 0 Å². The maximum Gasteiger partial charge on any atom is 0.141 e. The van der Waals surface area contributed by atoms with Gasteiger partial charge in [0.25, 0.3) is 0 Å². The van der Waals surface area contributed by atoms with E-state index in [-0.39, 0.29) is 0 Å². The molecule has 5 aromatic carbocycles. The molecule has 7 rings (SSSR count). The molecular formula is C34H20N2O. The van der Waals surface area contributed by atoms with E-state index in [4.69, 9.17) is 4.42 Å². The normalized spacial score (nSPS) is 11.2. The lowest BCUT2D eigenvalue weighted by Gasteiger charge is -2.10. The van der Waals surface area contributed by atoms with Crippen molar-refractivity contribution in [1.29, 1.82) is 5.26 Å². The number of benzene rings is 5. The van der Waals surface area contributed by atoms with Gasteiger partial charge >= 0.3 is 0 Å². The van der Waals surface area contributed by atoms with Crippen LogP contribution in [0.25, 0.3) is 66.1 Å². The Kier molecular flexibility index (Phi) is 4.84. The van der Waals surface area contributed by atoms with Gasteiger partial charge in [0.1, 0.15) is 22.9 Å². The fourth-order valence-corrected chi connectivity index (χ4v) is 5.23. The number of nitrogens with zero attached hydrogens (tertiary/aromatic N) is 2. The van der Waals surface area contributed by atoms with Crippen molar-refractivity contribution in [1.82, 2.24) is 4.98 Å². The molecule has 0 aliphatic heterocycles. The lowest BCUT2D eigenvalue weighted by Crippen LogP contribution is -1.86. The van der Waals surface area contributed by atoms with Gasteiger partial charge in [-0.3, -0.25) is 0 Å².